The van der Waals surface area contributed by atoms with E-state index in [0.29, 0.717) is 23.8 Å². The lowest BCUT2D eigenvalue weighted by Gasteiger charge is -2.56. The molecule has 2 saturated carbocycles. The minimum absolute atomic E-state index is 0.116. The molecule has 0 aliphatic heterocycles. The highest BCUT2D eigenvalue weighted by Crippen LogP contribution is 2.69. The average Bonchev–Trinajstić information content (AvgIpc) is 3.08. The molecule has 36 heavy (non-hydrogen) atoms. The standard InChI is InChI=1S/C31H46O5/c1-19(2)24-12-13-25-26(29(24,6)16-15-27(32)33)18-31(36-8)22(5)23(14-17-30(25,31)7)20(3)10-9-11-21(4)28(34)35/h11,18,20,23-25H,1,5,9-10,12-17H2,2-4,6-8H3,(H,32,33)(H,34,35)/b21-11-/t20-,23-,24+,25-,29+,30+,31-/m1/s1. The van der Waals surface area contributed by atoms with Gasteiger partial charge < -0.3 is 14.9 Å². The molecule has 0 radical (unpaired) electrons. The van der Waals surface area contributed by atoms with Crippen LogP contribution in [0.2, 0.25) is 0 Å². The largest absolute Gasteiger partial charge is 0.481 e. The number of rotatable bonds is 10. The summed E-state index contributed by atoms with van der Waals surface area (Å²) in [6.45, 7) is 19.5. The second-order valence-electron chi connectivity index (χ2n) is 12.2. The Morgan fingerprint density at radius 1 is 1.22 bits per heavy atom. The number of methoxy groups -OCH3 is 1. The van der Waals surface area contributed by atoms with Crippen LogP contribution in [0.25, 0.3) is 0 Å². The summed E-state index contributed by atoms with van der Waals surface area (Å²) in [7, 11) is 1.80. The van der Waals surface area contributed by atoms with Gasteiger partial charge in [0.1, 0.15) is 5.60 Å². The van der Waals surface area contributed by atoms with Crippen LogP contribution >= 0.6 is 0 Å². The molecule has 3 aliphatic carbocycles. The number of hydrogen-bond acceptors (Lipinski definition) is 3. The summed E-state index contributed by atoms with van der Waals surface area (Å²) in [4.78, 5) is 22.8. The number of fused-ring (bicyclic) bond motifs is 3. The van der Waals surface area contributed by atoms with Crippen LogP contribution in [0.4, 0.5) is 0 Å². The van der Waals surface area contributed by atoms with Gasteiger partial charge in [0.15, 0.2) is 0 Å². The summed E-state index contributed by atoms with van der Waals surface area (Å²) in [5, 5.41) is 18.7. The molecule has 0 spiro atoms. The van der Waals surface area contributed by atoms with Gasteiger partial charge in [0.05, 0.1) is 0 Å². The van der Waals surface area contributed by atoms with Crippen molar-refractivity contribution in [3.63, 3.8) is 0 Å². The van der Waals surface area contributed by atoms with Crippen molar-refractivity contribution in [3.8, 4) is 0 Å². The van der Waals surface area contributed by atoms with E-state index in [0.717, 1.165) is 49.7 Å². The van der Waals surface area contributed by atoms with Gasteiger partial charge in [-0.25, -0.2) is 4.79 Å². The van der Waals surface area contributed by atoms with Gasteiger partial charge in [-0.1, -0.05) is 51.2 Å². The minimum Gasteiger partial charge on any atom is -0.481 e. The zero-order valence-electron chi connectivity index (χ0n) is 23.2. The highest BCUT2D eigenvalue weighted by Gasteiger charge is 2.65. The van der Waals surface area contributed by atoms with Crippen LogP contribution in [0.1, 0.15) is 86.0 Å². The van der Waals surface area contributed by atoms with Crippen molar-refractivity contribution in [1.82, 2.24) is 0 Å². The number of allylic oxidation sites excluding steroid dienone is 3. The van der Waals surface area contributed by atoms with Gasteiger partial charge >= 0.3 is 11.9 Å². The third-order valence-corrected chi connectivity index (χ3v) is 10.3. The summed E-state index contributed by atoms with van der Waals surface area (Å²) in [5.41, 5.74) is 3.03. The summed E-state index contributed by atoms with van der Waals surface area (Å²) >= 11 is 0. The van der Waals surface area contributed by atoms with Gasteiger partial charge in [0, 0.05) is 24.5 Å². The van der Waals surface area contributed by atoms with Gasteiger partial charge in [-0.3, -0.25) is 4.79 Å². The Hall–Kier alpha value is -2.14. The van der Waals surface area contributed by atoms with Gasteiger partial charge in [0.25, 0.3) is 0 Å². The molecule has 0 unspecified atom stereocenters. The first-order chi connectivity index (χ1) is 16.7. The number of carboxylic acids is 2. The number of carbonyl (C=O) groups is 2. The van der Waals surface area contributed by atoms with Crippen LogP contribution in [0.3, 0.4) is 0 Å². The quantitative estimate of drug-likeness (QED) is 0.246. The van der Waals surface area contributed by atoms with E-state index >= 15 is 0 Å². The van der Waals surface area contributed by atoms with E-state index in [9.17, 15) is 14.7 Å². The van der Waals surface area contributed by atoms with Gasteiger partial charge in [0.2, 0.25) is 0 Å². The molecule has 0 bridgehead atoms. The van der Waals surface area contributed by atoms with Crippen molar-refractivity contribution >= 4 is 11.9 Å². The topological polar surface area (TPSA) is 83.8 Å². The number of carboxylic acid groups (broad SMARTS) is 2. The highest BCUT2D eigenvalue weighted by atomic mass is 16.5. The number of hydrogen-bond donors (Lipinski definition) is 2. The van der Waals surface area contributed by atoms with Gasteiger partial charge in [-0.05, 0) is 99.5 Å². The Morgan fingerprint density at radius 3 is 2.44 bits per heavy atom. The lowest BCUT2D eigenvalue weighted by Crippen LogP contribution is -2.54. The van der Waals surface area contributed by atoms with Crippen molar-refractivity contribution in [2.24, 2.45) is 34.5 Å². The number of ether oxygens (including phenoxy) is 1. The maximum absolute atomic E-state index is 11.6. The Balaban J connectivity index is 1.97. The first kappa shape index (κ1) is 28.4. The third-order valence-electron chi connectivity index (χ3n) is 10.3. The van der Waals surface area contributed by atoms with E-state index in [4.69, 9.17) is 9.84 Å². The zero-order chi connectivity index (χ0) is 27.1. The lowest BCUT2D eigenvalue weighted by molar-refractivity contribution is -0.138. The molecule has 7 atom stereocenters. The first-order valence-corrected chi connectivity index (χ1v) is 13.5. The molecule has 3 aliphatic rings. The lowest BCUT2D eigenvalue weighted by atomic mass is 9.51. The van der Waals surface area contributed by atoms with Crippen molar-refractivity contribution in [2.75, 3.05) is 7.11 Å². The first-order valence-electron chi connectivity index (χ1n) is 13.5. The molecule has 2 N–H and O–H groups in total. The summed E-state index contributed by atoms with van der Waals surface area (Å²) in [6.07, 6.45) is 10.7. The molecule has 0 heterocycles. The molecule has 0 aromatic rings. The molecule has 5 heteroatoms. The van der Waals surface area contributed by atoms with E-state index in [2.05, 4.69) is 46.9 Å². The molecule has 5 nitrogen and oxygen atoms in total. The van der Waals surface area contributed by atoms with Crippen molar-refractivity contribution in [1.29, 1.82) is 0 Å². The maximum atomic E-state index is 11.6. The van der Waals surface area contributed by atoms with Gasteiger partial charge in [-0.15, -0.1) is 0 Å². The fourth-order valence-electron chi connectivity index (χ4n) is 8.08. The summed E-state index contributed by atoms with van der Waals surface area (Å²) < 4.78 is 6.47. The predicted molar refractivity (Wildman–Crippen MR) is 144 cm³/mol. The SMILES string of the molecule is C=C(C)[C@@H]1CC[C@@H]2C(=C[C@@]3(OC)C(=C)[C@@H]([C@H](C)CC/C=C(/C)C(=O)O)CC[C@@]23C)[C@@]1(C)CCC(=O)O. The second kappa shape index (κ2) is 10.3. The van der Waals surface area contributed by atoms with E-state index < -0.39 is 17.5 Å². The molecule has 0 aromatic carbocycles. The van der Waals surface area contributed by atoms with Crippen molar-refractivity contribution in [3.05, 3.63) is 47.6 Å². The maximum Gasteiger partial charge on any atom is 0.330 e. The Bertz CT molecular complexity index is 989. The number of aliphatic carboxylic acids is 2. The Labute approximate surface area is 217 Å². The minimum atomic E-state index is -0.863. The zero-order valence-corrected chi connectivity index (χ0v) is 23.2. The van der Waals surface area contributed by atoms with Crippen LogP contribution in [0, 0.1) is 34.5 Å². The third kappa shape index (κ3) is 4.53. The molecular formula is C31H46O5. The highest BCUT2D eigenvalue weighted by molar-refractivity contribution is 5.85. The molecule has 0 amide bonds. The van der Waals surface area contributed by atoms with Gasteiger partial charge in [-0.2, -0.15) is 0 Å². The molecule has 3 rings (SSSR count). The second-order valence-corrected chi connectivity index (χ2v) is 12.2. The molecule has 200 valence electrons. The van der Waals surface area contributed by atoms with E-state index in [1.54, 1.807) is 14.0 Å². The Kier molecular flexibility index (Phi) is 8.15. The van der Waals surface area contributed by atoms with Crippen molar-refractivity contribution < 1.29 is 24.5 Å². The normalized spacial score (nSPS) is 37.1. The van der Waals surface area contributed by atoms with E-state index in [-0.39, 0.29) is 29.1 Å². The molecule has 0 saturated heterocycles. The predicted octanol–water partition coefficient (Wildman–Crippen LogP) is 7.20. The van der Waals surface area contributed by atoms with E-state index in [1.807, 2.05) is 6.08 Å². The molecule has 0 aromatic heterocycles. The Morgan fingerprint density at radius 2 is 1.89 bits per heavy atom. The summed E-state index contributed by atoms with van der Waals surface area (Å²) in [6, 6.07) is 0. The van der Waals surface area contributed by atoms with Crippen LogP contribution in [0.15, 0.2) is 47.6 Å². The van der Waals surface area contributed by atoms with Crippen LogP contribution in [0.5, 0.6) is 0 Å². The van der Waals surface area contributed by atoms with Crippen LogP contribution < -0.4 is 0 Å². The molecule has 2 fully saturated rings. The van der Waals surface area contributed by atoms with Crippen LogP contribution in [-0.4, -0.2) is 34.9 Å². The monoisotopic (exact) mass is 498 g/mol. The fraction of sp³-hybridized carbons (Fsp3) is 0.677. The molecular weight excluding hydrogens is 452 g/mol. The smallest absolute Gasteiger partial charge is 0.330 e. The summed E-state index contributed by atoms with van der Waals surface area (Å²) in [5.74, 6) is -0.387. The van der Waals surface area contributed by atoms with Crippen molar-refractivity contribution in [2.45, 2.75) is 91.6 Å². The van der Waals surface area contributed by atoms with Crippen LogP contribution in [-0.2, 0) is 14.3 Å². The fourth-order valence-corrected chi connectivity index (χ4v) is 8.08. The average molecular weight is 499 g/mol. The van der Waals surface area contributed by atoms with E-state index in [1.165, 1.54) is 5.57 Å².